The zero-order valence-corrected chi connectivity index (χ0v) is 16.8. The van der Waals surface area contributed by atoms with E-state index in [4.69, 9.17) is 4.74 Å². The van der Waals surface area contributed by atoms with Crippen LogP contribution in [-0.2, 0) is 27.9 Å². The molecule has 0 radical (unpaired) electrons. The summed E-state index contributed by atoms with van der Waals surface area (Å²) in [6.45, 7) is 4.75. The van der Waals surface area contributed by atoms with Gasteiger partial charge in [-0.1, -0.05) is 42.0 Å². The molecule has 0 spiro atoms. The molecule has 2 aromatic rings. The van der Waals surface area contributed by atoms with E-state index in [1.807, 2.05) is 62.4 Å². The van der Waals surface area contributed by atoms with Crippen LogP contribution in [0.2, 0.25) is 0 Å². The van der Waals surface area contributed by atoms with E-state index in [1.54, 1.807) is 0 Å². The Labute approximate surface area is 161 Å². The van der Waals surface area contributed by atoms with Crippen LogP contribution in [-0.4, -0.2) is 38.0 Å². The number of nitrogens with zero attached hydrogens (tertiary/aromatic N) is 1. The van der Waals surface area contributed by atoms with E-state index in [1.165, 1.54) is 4.31 Å². The molecule has 0 fully saturated rings. The highest BCUT2D eigenvalue weighted by Crippen LogP contribution is 2.12. The molecular formula is C20H26N2O4S. The highest BCUT2D eigenvalue weighted by atomic mass is 32.2. The van der Waals surface area contributed by atoms with Crippen molar-refractivity contribution in [3.05, 3.63) is 65.2 Å². The predicted molar refractivity (Wildman–Crippen MR) is 106 cm³/mol. The summed E-state index contributed by atoms with van der Waals surface area (Å²) in [5.41, 5.74) is 2.85. The molecule has 0 atom stereocenters. The van der Waals surface area contributed by atoms with E-state index in [2.05, 4.69) is 5.32 Å². The van der Waals surface area contributed by atoms with Crippen molar-refractivity contribution in [3.63, 3.8) is 0 Å². The lowest BCUT2D eigenvalue weighted by Crippen LogP contribution is -2.39. The molecule has 0 aromatic heterocycles. The average molecular weight is 391 g/mol. The number of hydrogen-bond acceptors (Lipinski definition) is 4. The number of amides is 1. The molecule has 0 heterocycles. The molecule has 0 saturated carbocycles. The van der Waals surface area contributed by atoms with Crippen molar-refractivity contribution < 1.29 is 17.9 Å². The number of ether oxygens (including phenoxy) is 1. The van der Waals surface area contributed by atoms with Gasteiger partial charge in [0.25, 0.3) is 0 Å². The van der Waals surface area contributed by atoms with Gasteiger partial charge in [0.15, 0.2) is 0 Å². The number of sulfonamides is 1. The van der Waals surface area contributed by atoms with Gasteiger partial charge in [-0.05, 0) is 37.1 Å². The third kappa shape index (κ3) is 7.03. The molecule has 7 heteroatoms. The van der Waals surface area contributed by atoms with Gasteiger partial charge in [-0.15, -0.1) is 0 Å². The van der Waals surface area contributed by atoms with E-state index in [9.17, 15) is 13.2 Å². The maximum atomic E-state index is 12.2. The van der Waals surface area contributed by atoms with Crippen LogP contribution in [0.5, 0.6) is 5.75 Å². The van der Waals surface area contributed by atoms with Gasteiger partial charge in [-0.3, -0.25) is 4.79 Å². The lowest BCUT2D eigenvalue weighted by Gasteiger charge is -2.19. The molecule has 1 N–H and O–H groups in total. The standard InChI is InChI=1S/C20H26N2O4S/c1-4-26-19-11-9-17(10-12-19)13-21-20(23)15-22(27(3,24)25)14-18-7-5-16(2)6-8-18/h5-12H,4,13-15H2,1-3H3,(H,21,23). The van der Waals surface area contributed by atoms with E-state index in [0.29, 0.717) is 13.2 Å². The Morgan fingerprint density at radius 2 is 1.63 bits per heavy atom. The summed E-state index contributed by atoms with van der Waals surface area (Å²) < 4.78 is 30.6. The van der Waals surface area contributed by atoms with Gasteiger partial charge in [-0.25, -0.2) is 8.42 Å². The van der Waals surface area contributed by atoms with E-state index in [-0.39, 0.29) is 19.0 Å². The topological polar surface area (TPSA) is 75.7 Å². The van der Waals surface area contributed by atoms with Crippen LogP contribution in [0.3, 0.4) is 0 Å². The third-order valence-corrected chi connectivity index (χ3v) is 5.19. The molecule has 1 amide bonds. The second-order valence-electron chi connectivity index (χ2n) is 6.37. The highest BCUT2D eigenvalue weighted by molar-refractivity contribution is 7.88. The molecule has 0 aliphatic carbocycles. The Balaban J connectivity index is 1.94. The molecule has 0 aliphatic rings. The monoisotopic (exact) mass is 390 g/mol. The number of carbonyl (C=O) groups is 1. The Bertz CT molecular complexity index is 847. The molecule has 2 aromatic carbocycles. The Morgan fingerprint density at radius 1 is 1.04 bits per heavy atom. The summed E-state index contributed by atoms with van der Waals surface area (Å²) in [6, 6.07) is 15.0. The molecule has 0 bridgehead atoms. The first-order chi connectivity index (χ1) is 12.8. The summed E-state index contributed by atoms with van der Waals surface area (Å²) in [5.74, 6) is 0.426. The van der Waals surface area contributed by atoms with E-state index >= 15 is 0 Å². The SMILES string of the molecule is CCOc1ccc(CNC(=O)CN(Cc2ccc(C)cc2)S(C)(=O)=O)cc1. The van der Waals surface area contributed by atoms with Gasteiger partial charge in [0.2, 0.25) is 15.9 Å². The number of rotatable bonds is 9. The fourth-order valence-electron chi connectivity index (χ4n) is 2.47. The number of aryl methyl sites for hydroxylation is 1. The fraction of sp³-hybridized carbons (Fsp3) is 0.350. The van der Waals surface area contributed by atoms with Crippen LogP contribution in [0.25, 0.3) is 0 Å². The van der Waals surface area contributed by atoms with Crippen LogP contribution >= 0.6 is 0 Å². The summed E-state index contributed by atoms with van der Waals surface area (Å²) in [4.78, 5) is 12.2. The first-order valence-corrected chi connectivity index (χ1v) is 10.6. The van der Waals surface area contributed by atoms with Crippen molar-refractivity contribution in [2.75, 3.05) is 19.4 Å². The van der Waals surface area contributed by atoms with E-state index < -0.39 is 10.0 Å². The van der Waals surface area contributed by atoms with Crippen molar-refractivity contribution >= 4 is 15.9 Å². The minimum absolute atomic E-state index is 0.162. The second kappa shape index (κ2) is 9.53. The second-order valence-corrected chi connectivity index (χ2v) is 8.35. The van der Waals surface area contributed by atoms with E-state index in [0.717, 1.165) is 28.7 Å². The molecular weight excluding hydrogens is 364 g/mol. The van der Waals surface area contributed by atoms with Crippen molar-refractivity contribution in [3.8, 4) is 5.75 Å². The molecule has 27 heavy (non-hydrogen) atoms. The number of nitrogens with one attached hydrogen (secondary N) is 1. The van der Waals surface area contributed by atoms with Crippen molar-refractivity contribution in [2.24, 2.45) is 0 Å². The average Bonchev–Trinajstić information content (AvgIpc) is 2.62. The summed E-state index contributed by atoms with van der Waals surface area (Å²) in [7, 11) is -3.51. The van der Waals surface area contributed by atoms with Crippen LogP contribution in [0.4, 0.5) is 0 Å². The minimum Gasteiger partial charge on any atom is -0.494 e. The highest BCUT2D eigenvalue weighted by Gasteiger charge is 2.20. The molecule has 6 nitrogen and oxygen atoms in total. The maximum Gasteiger partial charge on any atom is 0.235 e. The minimum atomic E-state index is -3.51. The number of hydrogen-bond donors (Lipinski definition) is 1. The van der Waals surface area contributed by atoms with Gasteiger partial charge in [0.1, 0.15) is 5.75 Å². The molecule has 146 valence electrons. The molecule has 0 unspecified atom stereocenters. The van der Waals surface area contributed by atoms with Crippen molar-refractivity contribution in [2.45, 2.75) is 26.9 Å². The largest absolute Gasteiger partial charge is 0.494 e. The maximum absolute atomic E-state index is 12.2. The van der Waals surface area contributed by atoms with Crippen LogP contribution in [0, 0.1) is 6.92 Å². The zero-order chi connectivity index (χ0) is 19.9. The normalized spacial score (nSPS) is 11.4. The van der Waals surface area contributed by atoms with Crippen molar-refractivity contribution in [1.29, 1.82) is 0 Å². The molecule has 0 saturated heterocycles. The first-order valence-electron chi connectivity index (χ1n) is 8.77. The number of benzene rings is 2. The summed E-state index contributed by atoms with van der Waals surface area (Å²) in [6.07, 6.45) is 1.11. The lowest BCUT2D eigenvalue weighted by atomic mass is 10.1. The smallest absolute Gasteiger partial charge is 0.235 e. The van der Waals surface area contributed by atoms with Gasteiger partial charge in [0.05, 0.1) is 19.4 Å². The summed E-state index contributed by atoms with van der Waals surface area (Å²) in [5, 5.41) is 2.76. The summed E-state index contributed by atoms with van der Waals surface area (Å²) >= 11 is 0. The first kappa shape index (κ1) is 20.9. The predicted octanol–water partition coefficient (Wildman–Crippen LogP) is 2.47. The quantitative estimate of drug-likeness (QED) is 0.714. The van der Waals surface area contributed by atoms with Gasteiger partial charge in [-0.2, -0.15) is 4.31 Å². The number of carbonyl (C=O) groups excluding carboxylic acids is 1. The Hall–Kier alpha value is -2.38. The Kier molecular flexibility index (Phi) is 7.38. The van der Waals surface area contributed by atoms with Gasteiger partial charge in [0, 0.05) is 13.1 Å². The van der Waals surface area contributed by atoms with Crippen LogP contribution in [0.15, 0.2) is 48.5 Å². The Morgan fingerprint density at radius 3 is 2.19 bits per heavy atom. The van der Waals surface area contributed by atoms with Crippen LogP contribution < -0.4 is 10.1 Å². The van der Waals surface area contributed by atoms with Gasteiger partial charge < -0.3 is 10.1 Å². The van der Waals surface area contributed by atoms with Gasteiger partial charge >= 0.3 is 0 Å². The van der Waals surface area contributed by atoms with Crippen molar-refractivity contribution in [1.82, 2.24) is 9.62 Å². The lowest BCUT2D eigenvalue weighted by molar-refractivity contribution is -0.121. The zero-order valence-electron chi connectivity index (χ0n) is 15.9. The van der Waals surface area contributed by atoms with Crippen LogP contribution in [0.1, 0.15) is 23.6 Å². The molecule has 0 aliphatic heterocycles. The third-order valence-electron chi connectivity index (χ3n) is 3.99. The fourth-order valence-corrected chi connectivity index (χ4v) is 3.21. The molecule has 2 rings (SSSR count).